The molecule has 4 rings (SSSR count). The van der Waals surface area contributed by atoms with Crippen LogP contribution in [0.15, 0.2) is 24.7 Å². The van der Waals surface area contributed by atoms with Gasteiger partial charge in [0.05, 0.1) is 23.9 Å². The number of anilines is 1. The molecule has 172 valence electrons. The fourth-order valence-electron chi connectivity index (χ4n) is 4.21. The molecule has 0 bridgehead atoms. The standard InChI is InChI=1S/C23H32N6O3/c1-6-28(22(31)32-23(2,3)4)20-11-19-18(13-24-20)21(15-12-25-27(5)14-15)26-29(19)16-7-9-17(30)10-8-16/h11-14,16-17,30H,6-10H2,1-5H3. The number of pyridine rings is 1. The van der Waals surface area contributed by atoms with Gasteiger partial charge in [0.15, 0.2) is 0 Å². The Morgan fingerprint density at radius 1 is 1.25 bits per heavy atom. The number of aliphatic hydroxyl groups is 1. The van der Waals surface area contributed by atoms with Crippen LogP contribution >= 0.6 is 0 Å². The molecule has 32 heavy (non-hydrogen) atoms. The molecular weight excluding hydrogens is 408 g/mol. The minimum absolute atomic E-state index is 0.179. The Hall–Kier alpha value is -2.94. The number of nitrogens with zero attached hydrogens (tertiary/aromatic N) is 6. The number of carbonyl (C=O) groups is 1. The fourth-order valence-corrected chi connectivity index (χ4v) is 4.21. The van der Waals surface area contributed by atoms with Crippen LogP contribution < -0.4 is 4.90 Å². The van der Waals surface area contributed by atoms with E-state index in [1.165, 1.54) is 4.90 Å². The Morgan fingerprint density at radius 3 is 2.56 bits per heavy atom. The van der Waals surface area contributed by atoms with Gasteiger partial charge >= 0.3 is 6.09 Å². The maximum atomic E-state index is 12.8. The predicted octanol–water partition coefficient (Wildman–Crippen LogP) is 4.07. The van der Waals surface area contributed by atoms with E-state index in [1.54, 1.807) is 17.1 Å². The number of aliphatic hydroxyl groups excluding tert-OH is 1. The molecule has 1 N–H and O–H groups in total. The summed E-state index contributed by atoms with van der Waals surface area (Å²) < 4.78 is 9.37. The molecule has 3 aromatic rings. The molecule has 1 aliphatic carbocycles. The molecule has 1 saturated carbocycles. The van der Waals surface area contributed by atoms with Gasteiger partial charge in [0.1, 0.15) is 17.1 Å². The molecule has 0 radical (unpaired) electrons. The van der Waals surface area contributed by atoms with Gasteiger partial charge in [-0.2, -0.15) is 10.2 Å². The first kappa shape index (κ1) is 22.3. The third-order valence-electron chi connectivity index (χ3n) is 5.77. The van der Waals surface area contributed by atoms with E-state index in [0.717, 1.165) is 47.8 Å². The van der Waals surface area contributed by atoms with Crippen LogP contribution in [0.25, 0.3) is 22.2 Å². The number of ether oxygens (including phenoxy) is 1. The molecule has 3 heterocycles. The van der Waals surface area contributed by atoms with E-state index in [1.807, 2.05) is 51.7 Å². The van der Waals surface area contributed by atoms with Crippen molar-refractivity contribution < 1.29 is 14.6 Å². The summed E-state index contributed by atoms with van der Waals surface area (Å²) in [5.41, 5.74) is 2.06. The molecule has 3 aromatic heterocycles. The molecule has 1 amide bonds. The van der Waals surface area contributed by atoms with Crippen LogP contribution in [-0.2, 0) is 11.8 Å². The number of carbonyl (C=O) groups excluding carboxylic acids is 1. The van der Waals surface area contributed by atoms with Crippen molar-refractivity contribution in [3.05, 3.63) is 24.7 Å². The van der Waals surface area contributed by atoms with E-state index >= 15 is 0 Å². The fraction of sp³-hybridized carbons (Fsp3) is 0.565. The van der Waals surface area contributed by atoms with Crippen molar-refractivity contribution in [1.29, 1.82) is 0 Å². The lowest BCUT2D eigenvalue weighted by molar-refractivity contribution is 0.0581. The number of aryl methyl sites for hydroxylation is 1. The summed E-state index contributed by atoms with van der Waals surface area (Å²) in [6.45, 7) is 7.88. The molecule has 9 nitrogen and oxygen atoms in total. The number of fused-ring (bicyclic) bond motifs is 1. The van der Waals surface area contributed by atoms with Gasteiger partial charge in [0.25, 0.3) is 0 Å². The van der Waals surface area contributed by atoms with Crippen LogP contribution in [0.5, 0.6) is 0 Å². The van der Waals surface area contributed by atoms with Crippen LogP contribution in [0, 0.1) is 0 Å². The first-order chi connectivity index (χ1) is 15.2. The summed E-state index contributed by atoms with van der Waals surface area (Å²) in [6.07, 6.45) is 8.06. The summed E-state index contributed by atoms with van der Waals surface area (Å²) in [6, 6.07) is 2.10. The normalized spacial score (nSPS) is 19.3. The van der Waals surface area contributed by atoms with E-state index in [-0.39, 0.29) is 12.1 Å². The molecular formula is C23H32N6O3. The zero-order valence-electron chi connectivity index (χ0n) is 19.4. The first-order valence-electron chi connectivity index (χ1n) is 11.2. The maximum absolute atomic E-state index is 12.8. The third kappa shape index (κ3) is 4.48. The van der Waals surface area contributed by atoms with Crippen LogP contribution in [-0.4, -0.2) is 54.0 Å². The first-order valence-corrected chi connectivity index (χ1v) is 11.2. The molecule has 0 atom stereocenters. The summed E-state index contributed by atoms with van der Waals surface area (Å²) in [4.78, 5) is 18.9. The number of aromatic nitrogens is 5. The number of rotatable bonds is 4. The second-order valence-corrected chi connectivity index (χ2v) is 9.44. The lowest BCUT2D eigenvalue weighted by Gasteiger charge is -2.27. The average Bonchev–Trinajstić information content (AvgIpc) is 3.31. The quantitative estimate of drug-likeness (QED) is 0.657. The van der Waals surface area contributed by atoms with E-state index < -0.39 is 11.7 Å². The molecule has 0 unspecified atom stereocenters. The van der Waals surface area contributed by atoms with Crippen LogP contribution in [0.3, 0.4) is 0 Å². The van der Waals surface area contributed by atoms with Gasteiger partial charge in [-0.1, -0.05) is 0 Å². The minimum Gasteiger partial charge on any atom is -0.443 e. The minimum atomic E-state index is -0.590. The Kier molecular flexibility index (Phi) is 5.94. The monoisotopic (exact) mass is 440 g/mol. The molecule has 1 fully saturated rings. The van der Waals surface area contributed by atoms with Crippen molar-refractivity contribution in [3.8, 4) is 11.3 Å². The van der Waals surface area contributed by atoms with E-state index in [2.05, 4.69) is 10.1 Å². The topological polar surface area (TPSA) is 98.3 Å². The van der Waals surface area contributed by atoms with Gasteiger partial charge < -0.3 is 9.84 Å². The molecule has 0 aliphatic heterocycles. The Morgan fingerprint density at radius 2 is 1.97 bits per heavy atom. The second-order valence-electron chi connectivity index (χ2n) is 9.44. The molecule has 0 aromatic carbocycles. The zero-order valence-corrected chi connectivity index (χ0v) is 19.4. The van der Waals surface area contributed by atoms with Gasteiger partial charge in [-0.25, -0.2) is 9.78 Å². The summed E-state index contributed by atoms with van der Waals surface area (Å²) in [5.74, 6) is 0.531. The summed E-state index contributed by atoms with van der Waals surface area (Å²) in [7, 11) is 1.88. The van der Waals surface area contributed by atoms with Crippen LogP contribution in [0.1, 0.15) is 59.4 Å². The van der Waals surface area contributed by atoms with Gasteiger partial charge in [-0.05, 0) is 53.4 Å². The lowest BCUT2D eigenvalue weighted by atomic mass is 9.93. The van der Waals surface area contributed by atoms with Gasteiger partial charge in [-0.15, -0.1) is 0 Å². The Balaban J connectivity index is 1.79. The van der Waals surface area contributed by atoms with E-state index in [9.17, 15) is 9.90 Å². The van der Waals surface area contributed by atoms with Crippen molar-refractivity contribution in [2.24, 2.45) is 7.05 Å². The maximum Gasteiger partial charge on any atom is 0.415 e. The highest BCUT2D eigenvalue weighted by atomic mass is 16.6. The molecule has 0 spiro atoms. The van der Waals surface area contributed by atoms with Crippen molar-refractivity contribution >= 4 is 22.8 Å². The lowest BCUT2D eigenvalue weighted by Crippen LogP contribution is -2.37. The summed E-state index contributed by atoms with van der Waals surface area (Å²) in [5, 5.41) is 20.1. The predicted molar refractivity (Wildman–Crippen MR) is 122 cm³/mol. The average molecular weight is 441 g/mol. The third-order valence-corrected chi connectivity index (χ3v) is 5.77. The SMILES string of the molecule is CCN(C(=O)OC(C)(C)C)c1cc2c(cn1)c(-c1cnn(C)c1)nn2C1CCC(O)CC1. The molecule has 0 saturated heterocycles. The van der Waals surface area contributed by atoms with Crippen molar-refractivity contribution in [1.82, 2.24) is 24.5 Å². The number of hydrogen-bond donors (Lipinski definition) is 1. The van der Waals surface area contributed by atoms with Gasteiger partial charge in [0.2, 0.25) is 0 Å². The van der Waals surface area contributed by atoms with Crippen molar-refractivity contribution in [3.63, 3.8) is 0 Å². The summed E-state index contributed by atoms with van der Waals surface area (Å²) >= 11 is 0. The highest BCUT2D eigenvalue weighted by Gasteiger charge is 2.27. The highest BCUT2D eigenvalue weighted by molar-refractivity contribution is 5.96. The Bertz CT molecular complexity index is 1100. The molecule has 9 heteroatoms. The number of amides is 1. The van der Waals surface area contributed by atoms with Crippen LogP contribution in [0.2, 0.25) is 0 Å². The van der Waals surface area contributed by atoms with Gasteiger partial charge in [0, 0.05) is 43.0 Å². The van der Waals surface area contributed by atoms with E-state index in [4.69, 9.17) is 9.84 Å². The van der Waals surface area contributed by atoms with Crippen molar-refractivity contribution in [2.75, 3.05) is 11.4 Å². The molecule has 1 aliphatic rings. The van der Waals surface area contributed by atoms with Crippen LogP contribution in [0.4, 0.5) is 10.6 Å². The largest absolute Gasteiger partial charge is 0.443 e. The van der Waals surface area contributed by atoms with E-state index in [0.29, 0.717) is 12.4 Å². The van der Waals surface area contributed by atoms with Gasteiger partial charge in [-0.3, -0.25) is 14.3 Å². The van der Waals surface area contributed by atoms with Crippen molar-refractivity contribution in [2.45, 2.75) is 71.1 Å². The smallest absolute Gasteiger partial charge is 0.415 e. The zero-order chi connectivity index (χ0) is 23.0. The highest BCUT2D eigenvalue weighted by Crippen LogP contribution is 2.36. The Labute approximate surface area is 188 Å². The number of hydrogen-bond acceptors (Lipinski definition) is 6. The second kappa shape index (κ2) is 8.54.